The van der Waals surface area contributed by atoms with Gasteiger partial charge in [0.25, 0.3) is 0 Å². The lowest BCUT2D eigenvalue weighted by atomic mass is 10.1. The Balaban J connectivity index is 3.03. The Labute approximate surface area is 100 Å². The first-order valence-electron chi connectivity index (χ1n) is 4.27. The lowest BCUT2D eigenvalue weighted by Crippen LogP contribution is -1.88. The predicted octanol–water partition coefficient (Wildman–Crippen LogP) is 4.86. The molecule has 0 saturated carbocycles. The third-order valence-corrected chi connectivity index (χ3v) is 3.24. The van der Waals surface area contributed by atoms with E-state index in [-0.39, 0.29) is 5.82 Å². The molecule has 0 aliphatic rings. The Morgan fingerprint density at radius 2 is 1.79 bits per heavy atom. The Hall–Kier alpha value is -0.150. The second kappa shape index (κ2) is 5.08. The van der Waals surface area contributed by atoms with Gasteiger partial charge >= 0.3 is 0 Å². The minimum atomic E-state index is -0.232. The average molecular weight is 322 g/mol. The molecule has 14 heavy (non-hydrogen) atoms. The van der Waals surface area contributed by atoms with Crippen molar-refractivity contribution in [2.75, 3.05) is 0 Å². The first-order valence-corrected chi connectivity index (χ1v) is 5.86. The summed E-state index contributed by atoms with van der Waals surface area (Å²) in [5.74, 6) is -0.232. The molecule has 0 radical (unpaired) electrons. The standard InChI is InChI=1S/C11H11Br2F/c1-7(2)3-4-9-10(12)5-8(14)6-11(9)13/h3,5-6H,4H2,1-2H3. The summed E-state index contributed by atoms with van der Waals surface area (Å²) in [5.41, 5.74) is 2.33. The highest BCUT2D eigenvalue weighted by Crippen LogP contribution is 2.27. The molecule has 0 fully saturated rings. The van der Waals surface area contributed by atoms with Crippen LogP contribution in [0.1, 0.15) is 19.4 Å². The molecule has 76 valence electrons. The fraction of sp³-hybridized carbons (Fsp3) is 0.273. The van der Waals surface area contributed by atoms with Crippen LogP contribution in [-0.2, 0) is 6.42 Å². The number of allylic oxidation sites excluding steroid dienone is 2. The van der Waals surface area contributed by atoms with Gasteiger partial charge in [-0.1, -0.05) is 43.5 Å². The largest absolute Gasteiger partial charge is 0.207 e. The smallest absolute Gasteiger partial charge is 0.125 e. The molecule has 0 saturated heterocycles. The van der Waals surface area contributed by atoms with Crippen LogP contribution in [0, 0.1) is 5.82 Å². The van der Waals surface area contributed by atoms with Crippen molar-refractivity contribution in [3.8, 4) is 0 Å². The Kier molecular flexibility index (Phi) is 4.32. The van der Waals surface area contributed by atoms with E-state index in [4.69, 9.17) is 0 Å². The summed E-state index contributed by atoms with van der Waals surface area (Å²) in [7, 11) is 0. The lowest BCUT2D eigenvalue weighted by molar-refractivity contribution is 0.625. The number of halogens is 3. The fourth-order valence-electron chi connectivity index (χ4n) is 1.07. The van der Waals surface area contributed by atoms with Crippen LogP contribution in [0.3, 0.4) is 0 Å². The van der Waals surface area contributed by atoms with Gasteiger partial charge in [-0.2, -0.15) is 0 Å². The average Bonchev–Trinajstić information content (AvgIpc) is 2.01. The van der Waals surface area contributed by atoms with Crippen LogP contribution in [0.5, 0.6) is 0 Å². The van der Waals surface area contributed by atoms with Gasteiger partial charge in [-0.15, -0.1) is 0 Å². The SMILES string of the molecule is CC(C)=CCc1c(Br)cc(F)cc1Br. The Bertz CT molecular complexity index is 343. The van der Waals surface area contributed by atoms with Crippen molar-refractivity contribution in [1.29, 1.82) is 0 Å². The van der Waals surface area contributed by atoms with E-state index in [1.165, 1.54) is 17.7 Å². The molecule has 0 heterocycles. The first-order chi connectivity index (χ1) is 6.50. The van der Waals surface area contributed by atoms with Crippen molar-refractivity contribution in [2.24, 2.45) is 0 Å². The van der Waals surface area contributed by atoms with Crippen molar-refractivity contribution >= 4 is 31.9 Å². The molecule has 0 aliphatic carbocycles. The van der Waals surface area contributed by atoms with Gasteiger partial charge in [0, 0.05) is 8.95 Å². The van der Waals surface area contributed by atoms with Crippen molar-refractivity contribution in [3.05, 3.63) is 44.1 Å². The van der Waals surface area contributed by atoms with Gasteiger partial charge in [0.1, 0.15) is 5.82 Å². The van der Waals surface area contributed by atoms with Crippen molar-refractivity contribution in [1.82, 2.24) is 0 Å². The molecule has 0 nitrogen and oxygen atoms in total. The molecule has 0 unspecified atom stereocenters. The molecule has 0 N–H and O–H groups in total. The van der Waals surface area contributed by atoms with E-state index in [0.717, 1.165) is 20.9 Å². The minimum Gasteiger partial charge on any atom is -0.207 e. The number of hydrogen-bond donors (Lipinski definition) is 0. The summed E-state index contributed by atoms with van der Waals surface area (Å²) in [6, 6.07) is 2.97. The van der Waals surface area contributed by atoms with Crippen molar-refractivity contribution in [2.45, 2.75) is 20.3 Å². The molecule has 0 bridgehead atoms. The van der Waals surface area contributed by atoms with Gasteiger partial charge in [-0.25, -0.2) is 4.39 Å². The van der Waals surface area contributed by atoms with E-state index in [2.05, 4.69) is 37.9 Å². The maximum atomic E-state index is 12.9. The zero-order valence-corrected chi connectivity index (χ0v) is 11.2. The summed E-state index contributed by atoms with van der Waals surface area (Å²) in [6.07, 6.45) is 2.92. The van der Waals surface area contributed by atoms with Crippen LogP contribution in [0.15, 0.2) is 32.7 Å². The Morgan fingerprint density at radius 3 is 2.21 bits per heavy atom. The van der Waals surface area contributed by atoms with Gasteiger partial charge < -0.3 is 0 Å². The molecule has 0 spiro atoms. The molecule has 0 aliphatic heterocycles. The van der Waals surface area contributed by atoms with E-state index in [1.807, 2.05) is 13.8 Å². The molecular formula is C11H11Br2F. The summed E-state index contributed by atoms with van der Waals surface area (Å²) in [5, 5.41) is 0. The molecule has 0 amide bonds. The maximum absolute atomic E-state index is 12.9. The molecule has 0 aromatic heterocycles. The zero-order valence-electron chi connectivity index (χ0n) is 8.07. The van der Waals surface area contributed by atoms with Crippen molar-refractivity contribution in [3.63, 3.8) is 0 Å². The van der Waals surface area contributed by atoms with Crippen LogP contribution in [0.2, 0.25) is 0 Å². The lowest BCUT2D eigenvalue weighted by Gasteiger charge is -2.05. The minimum absolute atomic E-state index is 0.232. The quantitative estimate of drug-likeness (QED) is 0.682. The maximum Gasteiger partial charge on any atom is 0.125 e. The second-order valence-electron chi connectivity index (χ2n) is 3.33. The first kappa shape index (κ1) is 11.9. The highest BCUT2D eigenvalue weighted by Gasteiger charge is 2.05. The zero-order chi connectivity index (χ0) is 10.7. The molecule has 0 atom stereocenters. The molecule has 1 aromatic rings. The predicted molar refractivity (Wildman–Crippen MR) is 64.9 cm³/mol. The summed E-state index contributed by atoms with van der Waals surface area (Å²) in [6.45, 7) is 4.09. The van der Waals surface area contributed by atoms with Gasteiger partial charge in [0.2, 0.25) is 0 Å². The topological polar surface area (TPSA) is 0 Å². The fourth-order valence-corrected chi connectivity index (χ4v) is 2.53. The molecule has 1 aromatic carbocycles. The second-order valence-corrected chi connectivity index (χ2v) is 5.04. The van der Waals surface area contributed by atoms with E-state index in [1.54, 1.807) is 0 Å². The normalized spacial score (nSPS) is 10.1. The van der Waals surface area contributed by atoms with E-state index >= 15 is 0 Å². The highest BCUT2D eigenvalue weighted by molar-refractivity contribution is 9.11. The third kappa shape index (κ3) is 3.21. The molecule has 1 rings (SSSR count). The van der Waals surface area contributed by atoms with Gasteiger partial charge in [-0.05, 0) is 38.0 Å². The van der Waals surface area contributed by atoms with E-state index in [9.17, 15) is 4.39 Å². The van der Waals surface area contributed by atoms with Crippen LogP contribution in [0.4, 0.5) is 4.39 Å². The molecule has 3 heteroatoms. The van der Waals surface area contributed by atoms with Crippen LogP contribution in [-0.4, -0.2) is 0 Å². The van der Waals surface area contributed by atoms with Gasteiger partial charge in [0.15, 0.2) is 0 Å². The monoisotopic (exact) mass is 320 g/mol. The summed E-state index contributed by atoms with van der Waals surface area (Å²) >= 11 is 6.70. The summed E-state index contributed by atoms with van der Waals surface area (Å²) < 4.78 is 14.5. The number of benzene rings is 1. The van der Waals surface area contributed by atoms with E-state index in [0.29, 0.717) is 0 Å². The summed E-state index contributed by atoms with van der Waals surface area (Å²) in [4.78, 5) is 0. The Morgan fingerprint density at radius 1 is 1.29 bits per heavy atom. The highest BCUT2D eigenvalue weighted by atomic mass is 79.9. The number of hydrogen-bond acceptors (Lipinski definition) is 0. The van der Waals surface area contributed by atoms with Gasteiger partial charge in [0.05, 0.1) is 0 Å². The van der Waals surface area contributed by atoms with Crippen LogP contribution >= 0.6 is 31.9 Å². The molecular weight excluding hydrogens is 311 g/mol. The third-order valence-electron chi connectivity index (χ3n) is 1.82. The van der Waals surface area contributed by atoms with E-state index < -0.39 is 0 Å². The van der Waals surface area contributed by atoms with Crippen LogP contribution in [0.25, 0.3) is 0 Å². The van der Waals surface area contributed by atoms with Crippen LogP contribution < -0.4 is 0 Å². The number of rotatable bonds is 2. The van der Waals surface area contributed by atoms with Crippen molar-refractivity contribution < 1.29 is 4.39 Å². The van der Waals surface area contributed by atoms with Gasteiger partial charge in [-0.3, -0.25) is 0 Å².